The highest BCUT2D eigenvalue weighted by Gasteiger charge is 2.11. The van der Waals surface area contributed by atoms with Gasteiger partial charge < -0.3 is 5.32 Å². The molecule has 0 aliphatic heterocycles. The molecule has 0 amide bonds. The molecular formula is C13H12BrFN2S. The first-order chi connectivity index (χ1) is 8.72. The molecule has 0 bridgehead atoms. The highest BCUT2D eigenvalue weighted by atomic mass is 79.9. The third kappa shape index (κ3) is 3.10. The van der Waals surface area contributed by atoms with Crippen molar-refractivity contribution >= 4 is 27.7 Å². The molecule has 2 nitrogen and oxygen atoms in total. The van der Waals surface area contributed by atoms with Crippen LogP contribution in [0, 0.1) is 5.82 Å². The fourth-order valence-electron chi connectivity index (χ4n) is 1.53. The molecule has 2 rings (SSSR count). The Bertz CT molecular complexity index is 548. The van der Waals surface area contributed by atoms with Crippen LogP contribution in [0.25, 0.3) is 0 Å². The summed E-state index contributed by atoms with van der Waals surface area (Å²) < 4.78 is 14.7. The molecule has 0 unspecified atom stereocenters. The maximum Gasteiger partial charge on any atom is 0.128 e. The van der Waals surface area contributed by atoms with E-state index in [0.717, 1.165) is 14.4 Å². The predicted molar refractivity (Wildman–Crippen MR) is 75.2 cm³/mol. The van der Waals surface area contributed by atoms with Gasteiger partial charge >= 0.3 is 0 Å². The van der Waals surface area contributed by atoms with Crippen molar-refractivity contribution in [3.63, 3.8) is 0 Å². The molecule has 0 aliphatic carbocycles. The summed E-state index contributed by atoms with van der Waals surface area (Å²) in [5.74, 6) is -0.193. The van der Waals surface area contributed by atoms with Crippen molar-refractivity contribution in [2.75, 3.05) is 7.05 Å². The average molecular weight is 327 g/mol. The largest absolute Gasteiger partial charge is 0.316 e. The van der Waals surface area contributed by atoms with Crippen molar-refractivity contribution in [3.05, 3.63) is 52.4 Å². The maximum atomic E-state index is 13.8. The summed E-state index contributed by atoms with van der Waals surface area (Å²) in [4.78, 5) is 5.16. The summed E-state index contributed by atoms with van der Waals surface area (Å²) in [6, 6.07) is 8.88. The van der Waals surface area contributed by atoms with Crippen molar-refractivity contribution in [2.45, 2.75) is 16.5 Å². The first kappa shape index (κ1) is 13.5. The lowest BCUT2D eigenvalue weighted by atomic mass is 10.2. The van der Waals surface area contributed by atoms with E-state index < -0.39 is 0 Å². The second kappa shape index (κ2) is 6.31. The van der Waals surface area contributed by atoms with Gasteiger partial charge in [-0.1, -0.05) is 17.8 Å². The Balaban J connectivity index is 2.34. The molecule has 0 atom stereocenters. The fraction of sp³-hybridized carbons (Fsp3) is 0.154. The van der Waals surface area contributed by atoms with Gasteiger partial charge in [0.1, 0.15) is 10.8 Å². The van der Waals surface area contributed by atoms with Crippen LogP contribution in [-0.2, 0) is 6.54 Å². The van der Waals surface area contributed by atoms with E-state index in [-0.39, 0.29) is 5.82 Å². The Hall–Kier alpha value is -0.910. The molecule has 1 aromatic carbocycles. The lowest BCUT2D eigenvalue weighted by Gasteiger charge is -2.10. The molecule has 0 spiro atoms. The molecule has 1 heterocycles. The van der Waals surface area contributed by atoms with Gasteiger partial charge in [-0.2, -0.15) is 0 Å². The number of nitrogens with zero attached hydrogens (tertiary/aromatic N) is 1. The molecule has 0 saturated heterocycles. The Morgan fingerprint density at radius 2 is 2.17 bits per heavy atom. The highest BCUT2D eigenvalue weighted by Crippen LogP contribution is 2.34. The van der Waals surface area contributed by atoms with Crippen molar-refractivity contribution in [1.29, 1.82) is 0 Å². The lowest BCUT2D eigenvalue weighted by Crippen LogP contribution is -2.08. The molecule has 0 aliphatic rings. The summed E-state index contributed by atoms with van der Waals surface area (Å²) in [5, 5.41) is 3.81. The molecule has 5 heteroatoms. The minimum atomic E-state index is -0.193. The molecule has 2 aromatic rings. The Labute approximate surface area is 118 Å². The number of rotatable bonds is 4. The highest BCUT2D eigenvalue weighted by molar-refractivity contribution is 9.10. The third-order valence-corrected chi connectivity index (χ3v) is 4.38. The smallest absolute Gasteiger partial charge is 0.128 e. The molecule has 0 fully saturated rings. The molecule has 18 heavy (non-hydrogen) atoms. The minimum absolute atomic E-state index is 0.193. The van der Waals surface area contributed by atoms with Crippen molar-refractivity contribution in [2.24, 2.45) is 0 Å². The lowest BCUT2D eigenvalue weighted by molar-refractivity contribution is 0.593. The summed E-state index contributed by atoms with van der Waals surface area (Å²) in [5.41, 5.74) is 0.669. The monoisotopic (exact) mass is 326 g/mol. The van der Waals surface area contributed by atoms with Crippen molar-refractivity contribution in [3.8, 4) is 0 Å². The number of hydrogen-bond donors (Lipinski definition) is 1. The molecule has 1 N–H and O–H groups in total. The SMILES string of the molecule is CNCc1c(F)cccc1Sc1ncccc1Br. The first-order valence-electron chi connectivity index (χ1n) is 5.42. The van der Waals surface area contributed by atoms with E-state index in [1.54, 1.807) is 19.3 Å². The minimum Gasteiger partial charge on any atom is -0.316 e. The van der Waals surface area contributed by atoms with Gasteiger partial charge in [-0.25, -0.2) is 9.37 Å². The van der Waals surface area contributed by atoms with E-state index in [1.165, 1.54) is 17.8 Å². The standard InChI is InChI=1S/C13H12BrFN2S/c1-16-8-9-11(15)5-2-6-12(9)18-13-10(14)4-3-7-17-13/h2-7,16H,8H2,1H3. The van der Waals surface area contributed by atoms with Gasteiger partial charge in [0.15, 0.2) is 0 Å². The van der Waals surface area contributed by atoms with E-state index in [4.69, 9.17) is 0 Å². The average Bonchev–Trinajstić information content (AvgIpc) is 2.36. The van der Waals surface area contributed by atoms with Crippen LogP contribution in [0.15, 0.2) is 50.9 Å². The topological polar surface area (TPSA) is 24.9 Å². The third-order valence-electron chi connectivity index (χ3n) is 2.36. The van der Waals surface area contributed by atoms with E-state index in [9.17, 15) is 4.39 Å². The van der Waals surface area contributed by atoms with Crippen LogP contribution in [0.1, 0.15) is 5.56 Å². The van der Waals surface area contributed by atoms with Crippen molar-refractivity contribution in [1.82, 2.24) is 10.3 Å². The van der Waals surface area contributed by atoms with Gasteiger partial charge in [0.2, 0.25) is 0 Å². The number of benzene rings is 1. The second-order valence-corrected chi connectivity index (χ2v) is 5.52. The van der Waals surface area contributed by atoms with Crippen LogP contribution in [0.4, 0.5) is 4.39 Å². The van der Waals surface area contributed by atoms with Gasteiger partial charge in [-0.15, -0.1) is 0 Å². The summed E-state index contributed by atoms with van der Waals surface area (Å²) in [6.45, 7) is 0.499. The van der Waals surface area contributed by atoms with E-state index >= 15 is 0 Å². The number of hydrogen-bond acceptors (Lipinski definition) is 3. The zero-order chi connectivity index (χ0) is 13.0. The molecule has 94 valence electrons. The number of nitrogens with one attached hydrogen (secondary N) is 1. The summed E-state index contributed by atoms with van der Waals surface area (Å²) in [6.07, 6.45) is 1.73. The van der Waals surface area contributed by atoms with E-state index in [0.29, 0.717) is 12.1 Å². The molecule has 0 radical (unpaired) electrons. The normalized spacial score (nSPS) is 10.6. The van der Waals surface area contributed by atoms with Crippen LogP contribution >= 0.6 is 27.7 Å². The molecule has 0 saturated carbocycles. The Morgan fingerprint density at radius 3 is 2.89 bits per heavy atom. The number of aromatic nitrogens is 1. The predicted octanol–water partition coefficient (Wildman–Crippen LogP) is 3.85. The first-order valence-corrected chi connectivity index (χ1v) is 7.03. The molecule has 1 aromatic heterocycles. The Kier molecular flexibility index (Phi) is 4.74. The van der Waals surface area contributed by atoms with E-state index in [1.807, 2.05) is 18.2 Å². The van der Waals surface area contributed by atoms with Crippen LogP contribution in [0.2, 0.25) is 0 Å². The van der Waals surface area contributed by atoms with Gasteiger partial charge in [-0.3, -0.25) is 0 Å². The van der Waals surface area contributed by atoms with Crippen LogP contribution < -0.4 is 5.32 Å². The van der Waals surface area contributed by atoms with Gasteiger partial charge in [0, 0.05) is 23.2 Å². The van der Waals surface area contributed by atoms with Crippen LogP contribution in [0.5, 0.6) is 0 Å². The van der Waals surface area contributed by atoms with Crippen molar-refractivity contribution < 1.29 is 4.39 Å². The summed E-state index contributed by atoms with van der Waals surface area (Å²) >= 11 is 4.90. The van der Waals surface area contributed by atoms with Gasteiger partial charge in [0.05, 0.1) is 4.47 Å². The maximum absolute atomic E-state index is 13.8. The van der Waals surface area contributed by atoms with Crippen LogP contribution in [0.3, 0.4) is 0 Å². The van der Waals surface area contributed by atoms with E-state index in [2.05, 4.69) is 26.2 Å². The molecular weight excluding hydrogens is 315 g/mol. The zero-order valence-electron chi connectivity index (χ0n) is 9.78. The number of pyridine rings is 1. The number of halogens is 2. The zero-order valence-corrected chi connectivity index (χ0v) is 12.2. The quantitative estimate of drug-likeness (QED) is 0.923. The van der Waals surface area contributed by atoms with Crippen LogP contribution in [-0.4, -0.2) is 12.0 Å². The Morgan fingerprint density at radius 1 is 1.33 bits per heavy atom. The summed E-state index contributed by atoms with van der Waals surface area (Å²) in [7, 11) is 1.80. The fourth-order valence-corrected chi connectivity index (χ4v) is 2.96. The second-order valence-electron chi connectivity index (χ2n) is 3.64. The van der Waals surface area contributed by atoms with Gasteiger partial charge in [-0.05, 0) is 47.2 Å². The van der Waals surface area contributed by atoms with Gasteiger partial charge in [0.25, 0.3) is 0 Å².